The summed E-state index contributed by atoms with van der Waals surface area (Å²) in [4.78, 5) is 18.2. The van der Waals surface area contributed by atoms with Crippen LogP contribution >= 0.6 is 11.8 Å². The fraction of sp³-hybridized carbons (Fsp3) is 0.500. The molecule has 2 saturated heterocycles. The minimum absolute atomic E-state index is 0.0555. The summed E-state index contributed by atoms with van der Waals surface area (Å²) in [6.07, 6.45) is 0. The summed E-state index contributed by atoms with van der Waals surface area (Å²) in [5.41, 5.74) is 2.02. The predicted octanol–water partition coefficient (Wildman–Crippen LogP) is 2.25. The van der Waals surface area contributed by atoms with Gasteiger partial charge in [-0.2, -0.15) is 4.99 Å². The average molecular weight is 352 g/mol. The van der Waals surface area contributed by atoms with Crippen LogP contribution in [0.15, 0.2) is 29.3 Å². The number of rotatable bonds is 2. The van der Waals surface area contributed by atoms with Gasteiger partial charge in [0.25, 0.3) is 5.91 Å². The standard InChI is InChI=1S/C16H20N2O3S2/c1-10(2)15(19)17-16-18(12-6-4-11(3)5-7-12)13-8-23(20,21)9-14(13)22-16/h4-7,10,13-14H,8-9H2,1-3H3/t13-,14+/m1/s1. The molecule has 5 nitrogen and oxygen atoms in total. The second-order valence-corrected chi connectivity index (χ2v) is 9.75. The van der Waals surface area contributed by atoms with E-state index < -0.39 is 9.84 Å². The molecule has 0 saturated carbocycles. The van der Waals surface area contributed by atoms with Crippen LogP contribution in [-0.4, -0.2) is 42.3 Å². The topological polar surface area (TPSA) is 66.8 Å². The SMILES string of the molecule is Cc1ccc(N2C(=NC(=O)C(C)C)S[C@H]3CS(=O)(=O)C[C@H]32)cc1. The fourth-order valence-corrected chi connectivity index (χ4v) is 6.71. The zero-order valence-electron chi connectivity index (χ0n) is 13.4. The van der Waals surface area contributed by atoms with Crippen LogP contribution in [-0.2, 0) is 14.6 Å². The van der Waals surface area contributed by atoms with Crippen LogP contribution < -0.4 is 4.90 Å². The van der Waals surface area contributed by atoms with E-state index in [0.29, 0.717) is 5.17 Å². The summed E-state index contributed by atoms with van der Waals surface area (Å²) in [6.45, 7) is 5.63. The van der Waals surface area contributed by atoms with Gasteiger partial charge in [0, 0.05) is 16.9 Å². The Hall–Kier alpha value is -1.34. The maximum atomic E-state index is 12.0. The Morgan fingerprint density at radius 1 is 1.26 bits per heavy atom. The number of amides is 1. The van der Waals surface area contributed by atoms with Crippen molar-refractivity contribution in [3.63, 3.8) is 0 Å². The third-order valence-corrected chi connectivity index (χ3v) is 7.29. The third-order valence-electron chi connectivity index (χ3n) is 4.08. The van der Waals surface area contributed by atoms with Gasteiger partial charge >= 0.3 is 0 Å². The second kappa shape index (κ2) is 5.94. The molecule has 1 amide bonds. The molecule has 2 fully saturated rings. The van der Waals surface area contributed by atoms with Gasteiger partial charge in [0.15, 0.2) is 15.0 Å². The van der Waals surface area contributed by atoms with Crippen molar-refractivity contribution in [3.05, 3.63) is 29.8 Å². The van der Waals surface area contributed by atoms with Gasteiger partial charge in [-0.15, -0.1) is 0 Å². The van der Waals surface area contributed by atoms with Crippen LogP contribution in [0.4, 0.5) is 5.69 Å². The van der Waals surface area contributed by atoms with E-state index in [1.54, 1.807) is 0 Å². The maximum Gasteiger partial charge on any atom is 0.250 e. The highest BCUT2D eigenvalue weighted by atomic mass is 32.2. The van der Waals surface area contributed by atoms with E-state index in [2.05, 4.69) is 4.99 Å². The number of thioether (sulfide) groups is 1. The first-order chi connectivity index (χ1) is 10.8. The van der Waals surface area contributed by atoms with Gasteiger partial charge in [-0.1, -0.05) is 43.3 Å². The van der Waals surface area contributed by atoms with Gasteiger partial charge in [-0.05, 0) is 19.1 Å². The molecular formula is C16H20N2O3S2. The molecule has 0 aliphatic carbocycles. The summed E-state index contributed by atoms with van der Waals surface area (Å²) in [7, 11) is -3.03. The van der Waals surface area contributed by atoms with Crippen molar-refractivity contribution >= 4 is 38.4 Å². The molecule has 0 bridgehead atoms. The molecule has 0 N–H and O–H groups in total. The van der Waals surface area contributed by atoms with Gasteiger partial charge in [0.05, 0.1) is 17.5 Å². The molecule has 0 aromatic heterocycles. The maximum absolute atomic E-state index is 12.0. The Kier molecular flexibility index (Phi) is 4.27. The zero-order chi connectivity index (χ0) is 16.8. The lowest BCUT2D eigenvalue weighted by Gasteiger charge is -2.24. The lowest BCUT2D eigenvalue weighted by molar-refractivity contribution is -0.120. The molecule has 2 heterocycles. The van der Waals surface area contributed by atoms with Crippen LogP contribution in [0.1, 0.15) is 19.4 Å². The van der Waals surface area contributed by atoms with Crippen molar-refractivity contribution in [1.29, 1.82) is 0 Å². The largest absolute Gasteiger partial charge is 0.316 e. The highest BCUT2D eigenvalue weighted by molar-refractivity contribution is 8.16. The molecule has 23 heavy (non-hydrogen) atoms. The van der Waals surface area contributed by atoms with E-state index in [1.165, 1.54) is 11.8 Å². The minimum Gasteiger partial charge on any atom is -0.316 e. The Balaban J connectivity index is 2.00. The van der Waals surface area contributed by atoms with Crippen LogP contribution in [0.25, 0.3) is 0 Å². The van der Waals surface area contributed by atoms with E-state index in [1.807, 2.05) is 49.9 Å². The lowest BCUT2D eigenvalue weighted by atomic mass is 10.1. The minimum atomic E-state index is -3.03. The first-order valence-corrected chi connectivity index (χ1v) is 10.3. The molecule has 124 valence electrons. The summed E-state index contributed by atoms with van der Waals surface area (Å²) in [5, 5.41) is 0.567. The number of carbonyl (C=O) groups excluding carboxylic acids is 1. The fourth-order valence-electron chi connectivity index (χ4n) is 2.80. The van der Waals surface area contributed by atoms with Crippen molar-refractivity contribution < 1.29 is 13.2 Å². The van der Waals surface area contributed by atoms with Crippen molar-refractivity contribution in [2.45, 2.75) is 32.1 Å². The third kappa shape index (κ3) is 3.30. The number of hydrogen-bond donors (Lipinski definition) is 0. The summed E-state index contributed by atoms with van der Waals surface area (Å²) in [5.74, 6) is -0.0768. The molecule has 0 unspecified atom stereocenters. The lowest BCUT2D eigenvalue weighted by Crippen LogP contribution is -2.37. The molecule has 2 aliphatic rings. The monoisotopic (exact) mass is 352 g/mol. The van der Waals surface area contributed by atoms with Crippen LogP contribution in [0.3, 0.4) is 0 Å². The number of benzene rings is 1. The van der Waals surface area contributed by atoms with Crippen molar-refractivity contribution in [2.24, 2.45) is 10.9 Å². The Bertz CT molecular complexity index is 754. The van der Waals surface area contributed by atoms with E-state index in [9.17, 15) is 13.2 Å². The number of amidine groups is 1. The van der Waals surface area contributed by atoms with Crippen molar-refractivity contribution in [1.82, 2.24) is 0 Å². The molecule has 1 aromatic carbocycles. The first-order valence-electron chi connectivity index (χ1n) is 7.62. The smallest absolute Gasteiger partial charge is 0.250 e. The average Bonchev–Trinajstić information content (AvgIpc) is 2.91. The number of anilines is 1. The molecule has 2 atom stereocenters. The number of aryl methyl sites for hydroxylation is 1. The highest BCUT2D eigenvalue weighted by Gasteiger charge is 2.49. The van der Waals surface area contributed by atoms with E-state index in [4.69, 9.17) is 0 Å². The summed E-state index contributed by atoms with van der Waals surface area (Å²) in [6, 6.07) is 7.74. The normalized spacial score (nSPS) is 27.7. The number of nitrogens with zero attached hydrogens (tertiary/aromatic N) is 2. The van der Waals surface area contributed by atoms with Gasteiger partial charge in [0.2, 0.25) is 0 Å². The van der Waals surface area contributed by atoms with Gasteiger partial charge in [-0.3, -0.25) is 4.79 Å². The number of sulfone groups is 1. The van der Waals surface area contributed by atoms with Crippen LogP contribution in [0, 0.1) is 12.8 Å². The molecule has 3 rings (SSSR count). The van der Waals surface area contributed by atoms with Crippen molar-refractivity contribution in [3.8, 4) is 0 Å². The molecular weight excluding hydrogens is 332 g/mol. The van der Waals surface area contributed by atoms with Gasteiger partial charge in [0.1, 0.15) is 0 Å². The van der Waals surface area contributed by atoms with E-state index >= 15 is 0 Å². The molecule has 1 aromatic rings. The number of aliphatic imine (C=N–C) groups is 1. The Labute approximate surface area is 141 Å². The first kappa shape index (κ1) is 16.5. The summed E-state index contributed by atoms with van der Waals surface area (Å²) < 4.78 is 23.9. The molecule has 2 aliphatic heterocycles. The van der Waals surface area contributed by atoms with E-state index in [0.717, 1.165) is 11.3 Å². The second-order valence-electron chi connectivity index (χ2n) is 6.39. The number of carbonyl (C=O) groups is 1. The van der Waals surface area contributed by atoms with Gasteiger partial charge in [-0.25, -0.2) is 8.42 Å². The van der Waals surface area contributed by atoms with Crippen LogP contribution in [0.5, 0.6) is 0 Å². The zero-order valence-corrected chi connectivity index (χ0v) is 15.0. The van der Waals surface area contributed by atoms with E-state index in [-0.39, 0.29) is 34.6 Å². The number of hydrogen-bond acceptors (Lipinski definition) is 4. The molecule has 0 spiro atoms. The predicted molar refractivity (Wildman–Crippen MR) is 94.8 cm³/mol. The Morgan fingerprint density at radius 2 is 1.91 bits per heavy atom. The quantitative estimate of drug-likeness (QED) is 0.817. The summed E-state index contributed by atoms with van der Waals surface area (Å²) >= 11 is 1.41. The highest BCUT2D eigenvalue weighted by Crippen LogP contribution is 2.41. The van der Waals surface area contributed by atoms with Crippen LogP contribution in [0.2, 0.25) is 0 Å². The Morgan fingerprint density at radius 3 is 2.52 bits per heavy atom. The molecule has 7 heteroatoms. The molecule has 0 radical (unpaired) electrons. The number of fused-ring (bicyclic) bond motifs is 1. The van der Waals surface area contributed by atoms with Gasteiger partial charge < -0.3 is 4.90 Å². The van der Waals surface area contributed by atoms with Crippen molar-refractivity contribution in [2.75, 3.05) is 16.4 Å².